The van der Waals surface area contributed by atoms with Gasteiger partial charge in [0, 0.05) is 25.8 Å². The molecule has 0 atom stereocenters. The van der Waals surface area contributed by atoms with Crippen molar-refractivity contribution >= 4 is 21.7 Å². The fourth-order valence-corrected chi connectivity index (χ4v) is 2.04. The summed E-state index contributed by atoms with van der Waals surface area (Å²) in [5.41, 5.74) is 6.42. The maximum absolute atomic E-state index is 11.5. The SMILES string of the molecule is COc1cccc(NC(N)=NCCS(=O)(=O)N(C)C)c1. The van der Waals surface area contributed by atoms with E-state index in [1.54, 1.807) is 13.2 Å². The highest BCUT2D eigenvalue weighted by Gasteiger charge is 2.12. The van der Waals surface area contributed by atoms with E-state index < -0.39 is 10.0 Å². The summed E-state index contributed by atoms with van der Waals surface area (Å²) in [7, 11) is 1.28. The minimum atomic E-state index is -3.25. The van der Waals surface area contributed by atoms with Crippen LogP contribution in [0.3, 0.4) is 0 Å². The maximum Gasteiger partial charge on any atom is 0.215 e. The number of benzene rings is 1. The predicted molar refractivity (Wildman–Crippen MR) is 80.6 cm³/mol. The lowest BCUT2D eigenvalue weighted by atomic mass is 10.3. The van der Waals surface area contributed by atoms with Gasteiger partial charge in [-0.25, -0.2) is 12.7 Å². The Labute approximate surface area is 119 Å². The molecule has 1 rings (SSSR count). The first-order valence-electron chi connectivity index (χ1n) is 5.96. The van der Waals surface area contributed by atoms with Crippen LogP contribution < -0.4 is 15.8 Å². The Hall–Kier alpha value is -1.80. The van der Waals surface area contributed by atoms with E-state index in [0.717, 1.165) is 9.99 Å². The van der Waals surface area contributed by atoms with Crippen LogP contribution in [0.2, 0.25) is 0 Å². The van der Waals surface area contributed by atoms with E-state index in [-0.39, 0.29) is 18.3 Å². The van der Waals surface area contributed by atoms with Gasteiger partial charge < -0.3 is 15.8 Å². The molecule has 1 aromatic carbocycles. The summed E-state index contributed by atoms with van der Waals surface area (Å²) in [6.45, 7) is 0.101. The quantitative estimate of drug-likeness (QED) is 0.582. The number of nitrogens with two attached hydrogens (primary N) is 1. The molecular formula is C12H20N4O3S. The summed E-state index contributed by atoms with van der Waals surface area (Å²) in [6.07, 6.45) is 0. The van der Waals surface area contributed by atoms with Crippen molar-refractivity contribution in [1.82, 2.24) is 4.31 Å². The average molecular weight is 300 g/mol. The van der Waals surface area contributed by atoms with Crippen LogP contribution in [-0.2, 0) is 10.0 Å². The standard InChI is InChI=1S/C12H20N4O3S/c1-16(2)20(17,18)8-7-14-12(13)15-10-5-4-6-11(9-10)19-3/h4-6,9H,7-8H2,1-3H3,(H3,13,14,15). The smallest absolute Gasteiger partial charge is 0.215 e. The molecule has 0 aliphatic heterocycles. The molecule has 0 aliphatic rings. The first kappa shape index (κ1) is 16.3. The van der Waals surface area contributed by atoms with Crippen LogP contribution in [-0.4, -0.2) is 52.2 Å². The Morgan fingerprint density at radius 2 is 2.15 bits per heavy atom. The Kier molecular flexibility index (Phi) is 5.78. The number of nitrogens with one attached hydrogen (secondary N) is 1. The number of nitrogens with zero attached hydrogens (tertiary/aromatic N) is 2. The van der Waals surface area contributed by atoms with Crippen molar-refractivity contribution in [3.63, 3.8) is 0 Å². The number of methoxy groups -OCH3 is 1. The summed E-state index contributed by atoms with van der Waals surface area (Å²) in [5.74, 6) is 0.769. The van der Waals surface area contributed by atoms with Crippen molar-refractivity contribution in [1.29, 1.82) is 0 Å². The van der Waals surface area contributed by atoms with Crippen molar-refractivity contribution in [3.8, 4) is 5.75 Å². The van der Waals surface area contributed by atoms with Crippen molar-refractivity contribution in [3.05, 3.63) is 24.3 Å². The van der Waals surface area contributed by atoms with Gasteiger partial charge in [0.1, 0.15) is 5.75 Å². The van der Waals surface area contributed by atoms with Crippen molar-refractivity contribution in [2.45, 2.75) is 0 Å². The van der Waals surface area contributed by atoms with Crippen LogP contribution in [0, 0.1) is 0 Å². The first-order valence-corrected chi connectivity index (χ1v) is 7.57. The molecule has 0 fully saturated rings. The number of hydrogen-bond donors (Lipinski definition) is 2. The van der Waals surface area contributed by atoms with Gasteiger partial charge in [-0.3, -0.25) is 4.99 Å². The molecule has 20 heavy (non-hydrogen) atoms. The van der Waals surface area contributed by atoms with Crippen LogP contribution in [0.25, 0.3) is 0 Å². The minimum Gasteiger partial charge on any atom is -0.497 e. The lowest BCUT2D eigenvalue weighted by molar-refractivity contribution is 0.415. The lowest BCUT2D eigenvalue weighted by Gasteiger charge is -2.10. The van der Waals surface area contributed by atoms with Crippen molar-refractivity contribution < 1.29 is 13.2 Å². The van der Waals surface area contributed by atoms with Gasteiger partial charge in [0.15, 0.2) is 5.96 Å². The molecule has 0 bridgehead atoms. The number of rotatable bonds is 6. The Bertz CT molecular complexity index is 570. The molecule has 7 nitrogen and oxygen atoms in total. The molecular weight excluding hydrogens is 280 g/mol. The van der Waals surface area contributed by atoms with Gasteiger partial charge in [0.2, 0.25) is 10.0 Å². The molecule has 8 heteroatoms. The number of guanidine groups is 1. The third-order valence-electron chi connectivity index (χ3n) is 2.53. The number of ether oxygens (including phenoxy) is 1. The van der Waals surface area contributed by atoms with Gasteiger partial charge in [0.25, 0.3) is 0 Å². The van der Waals surface area contributed by atoms with E-state index in [2.05, 4.69) is 10.3 Å². The minimum absolute atomic E-state index is 0.0828. The second kappa shape index (κ2) is 7.11. The van der Waals surface area contributed by atoms with Crippen LogP contribution in [0.5, 0.6) is 5.75 Å². The number of sulfonamides is 1. The van der Waals surface area contributed by atoms with E-state index in [0.29, 0.717) is 5.75 Å². The molecule has 3 N–H and O–H groups in total. The van der Waals surface area contributed by atoms with Gasteiger partial charge in [-0.15, -0.1) is 0 Å². The lowest BCUT2D eigenvalue weighted by Crippen LogP contribution is -2.28. The second-order valence-electron chi connectivity index (χ2n) is 4.22. The van der Waals surface area contributed by atoms with E-state index >= 15 is 0 Å². The highest BCUT2D eigenvalue weighted by Crippen LogP contribution is 2.16. The molecule has 0 heterocycles. The van der Waals surface area contributed by atoms with E-state index in [9.17, 15) is 8.42 Å². The van der Waals surface area contributed by atoms with Crippen molar-refractivity contribution in [2.24, 2.45) is 10.7 Å². The summed E-state index contributed by atoms with van der Waals surface area (Å²) in [6, 6.07) is 7.19. The third kappa shape index (κ3) is 5.06. The van der Waals surface area contributed by atoms with Gasteiger partial charge >= 0.3 is 0 Å². The molecule has 0 amide bonds. The monoisotopic (exact) mass is 300 g/mol. The molecule has 0 saturated carbocycles. The Balaban J connectivity index is 2.58. The van der Waals surface area contributed by atoms with E-state index in [4.69, 9.17) is 10.5 Å². The molecule has 0 unspecified atom stereocenters. The fraction of sp³-hybridized carbons (Fsp3) is 0.417. The highest BCUT2D eigenvalue weighted by atomic mass is 32.2. The summed E-state index contributed by atoms with van der Waals surface area (Å²) >= 11 is 0. The molecule has 0 radical (unpaired) electrons. The number of anilines is 1. The number of hydrogen-bond acceptors (Lipinski definition) is 4. The third-order valence-corrected chi connectivity index (χ3v) is 4.34. The molecule has 1 aromatic rings. The maximum atomic E-state index is 11.5. The first-order chi connectivity index (χ1) is 9.35. The van der Waals surface area contributed by atoms with Gasteiger partial charge in [-0.05, 0) is 12.1 Å². The van der Waals surface area contributed by atoms with Gasteiger partial charge in [0.05, 0.1) is 19.4 Å². The average Bonchev–Trinajstić information content (AvgIpc) is 2.38. The summed E-state index contributed by atoms with van der Waals surface area (Å²) in [4.78, 5) is 3.98. The van der Waals surface area contributed by atoms with Gasteiger partial charge in [-0.2, -0.15) is 0 Å². The van der Waals surface area contributed by atoms with Gasteiger partial charge in [-0.1, -0.05) is 6.07 Å². The van der Waals surface area contributed by atoms with Crippen LogP contribution in [0.4, 0.5) is 5.69 Å². The normalized spacial score (nSPS) is 12.5. The van der Waals surface area contributed by atoms with Crippen LogP contribution in [0.15, 0.2) is 29.3 Å². The predicted octanol–water partition coefficient (Wildman–Crippen LogP) is 0.313. The fourth-order valence-electron chi connectivity index (χ4n) is 1.35. The van der Waals surface area contributed by atoms with E-state index in [1.807, 2.05) is 18.2 Å². The largest absolute Gasteiger partial charge is 0.497 e. The summed E-state index contributed by atoms with van der Waals surface area (Å²) < 4.78 is 29.3. The molecule has 0 aliphatic carbocycles. The van der Waals surface area contributed by atoms with Crippen LogP contribution >= 0.6 is 0 Å². The Morgan fingerprint density at radius 1 is 1.45 bits per heavy atom. The van der Waals surface area contributed by atoms with Crippen molar-refractivity contribution in [2.75, 3.05) is 38.8 Å². The topological polar surface area (TPSA) is 97.0 Å². The molecule has 112 valence electrons. The summed E-state index contributed by atoms with van der Waals surface area (Å²) in [5, 5.41) is 2.87. The number of aliphatic imine (C=N–C) groups is 1. The zero-order valence-corrected chi connectivity index (χ0v) is 12.6. The Morgan fingerprint density at radius 3 is 2.75 bits per heavy atom. The highest BCUT2D eigenvalue weighted by molar-refractivity contribution is 7.89. The van der Waals surface area contributed by atoms with Crippen LogP contribution in [0.1, 0.15) is 0 Å². The molecule has 0 saturated heterocycles. The zero-order chi connectivity index (χ0) is 15.2. The van der Waals surface area contributed by atoms with E-state index in [1.165, 1.54) is 14.1 Å². The molecule has 0 spiro atoms. The second-order valence-corrected chi connectivity index (χ2v) is 6.52. The molecule has 0 aromatic heterocycles. The zero-order valence-electron chi connectivity index (χ0n) is 11.8.